The first-order valence-electron chi connectivity index (χ1n) is 5.05. The predicted molar refractivity (Wildman–Crippen MR) is 66.0 cm³/mol. The Kier molecular flexibility index (Phi) is 3.23. The standard InChI is InChI=1S/C12H15NOS/c1-13-7-6-9-8-10-11(14-2)4-3-5-12(10)15-9/h3-5,8,13H,6-7H2,1-2H3. The van der Waals surface area contributed by atoms with Crippen molar-refractivity contribution in [2.24, 2.45) is 0 Å². The molecule has 1 N–H and O–H groups in total. The Morgan fingerprint density at radius 3 is 3.00 bits per heavy atom. The Balaban J connectivity index is 2.37. The molecule has 2 aromatic rings. The van der Waals surface area contributed by atoms with Crippen molar-refractivity contribution < 1.29 is 4.74 Å². The molecule has 0 fully saturated rings. The average molecular weight is 221 g/mol. The highest BCUT2D eigenvalue weighted by atomic mass is 32.1. The molecule has 1 aromatic heterocycles. The van der Waals surface area contributed by atoms with Gasteiger partial charge in [-0.15, -0.1) is 11.3 Å². The summed E-state index contributed by atoms with van der Waals surface area (Å²) in [7, 11) is 3.70. The van der Waals surface area contributed by atoms with Crippen LogP contribution in [0.1, 0.15) is 4.88 Å². The van der Waals surface area contributed by atoms with E-state index in [1.54, 1.807) is 7.11 Å². The summed E-state index contributed by atoms with van der Waals surface area (Å²) in [5.41, 5.74) is 0. The number of likely N-dealkylation sites (N-methyl/N-ethyl adjacent to an activating group) is 1. The predicted octanol–water partition coefficient (Wildman–Crippen LogP) is 2.67. The third-order valence-corrected chi connectivity index (χ3v) is 3.57. The Hall–Kier alpha value is -1.06. The lowest BCUT2D eigenvalue weighted by molar-refractivity contribution is 0.420. The van der Waals surface area contributed by atoms with Crippen LogP contribution >= 0.6 is 11.3 Å². The molecule has 0 saturated carbocycles. The number of hydrogen-bond acceptors (Lipinski definition) is 3. The van der Waals surface area contributed by atoms with E-state index in [1.807, 2.05) is 30.5 Å². The maximum Gasteiger partial charge on any atom is 0.127 e. The molecule has 2 rings (SSSR count). The summed E-state index contributed by atoms with van der Waals surface area (Å²) in [5.74, 6) is 0.972. The van der Waals surface area contributed by atoms with Crippen LogP contribution in [0.15, 0.2) is 24.3 Å². The van der Waals surface area contributed by atoms with E-state index in [0.29, 0.717) is 0 Å². The average Bonchev–Trinajstić information content (AvgIpc) is 2.68. The monoisotopic (exact) mass is 221 g/mol. The number of thiophene rings is 1. The minimum absolute atomic E-state index is 0.972. The summed E-state index contributed by atoms with van der Waals surface area (Å²) in [5, 5.41) is 4.40. The lowest BCUT2D eigenvalue weighted by atomic mass is 10.2. The zero-order valence-electron chi connectivity index (χ0n) is 9.04. The molecule has 0 saturated heterocycles. The van der Waals surface area contributed by atoms with Crippen molar-refractivity contribution >= 4 is 21.4 Å². The van der Waals surface area contributed by atoms with Crippen molar-refractivity contribution in [3.05, 3.63) is 29.1 Å². The molecule has 0 aliphatic carbocycles. The van der Waals surface area contributed by atoms with E-state index in [9.17, 15) is 0 Å². The van der Waals surface area contributed by atoms with E-state index in [0.717, 1.165) is 18.7 Å². The van der Waals surface area contributed by atoms with Gasteiger partial charge >= 0.3 is 0 Å². The van der Waals surface area contributed by atoms with Crippen LogP contribution in [0, 0.1) is 0 Å². The Bertz CT molecular complexity index is 450. The maximum absolute atomic E-state index is 5.34. The molecule has 0 aliphatic heterocycles. The minimum atomic E-state index is 0.972. The first kappa shape index (κ1) is 10.5. The molecular formula is C12H15NOS. The summed E-state index contributed by atoms with van der Waals surface area (Å²) < 4.78 is 6.64. The fraction of sp³-hybridized carbons (Fsp3) is 0.333. The van der Waals surface area contributed by atoms with Crippen LogP contribution in [0.3, 0.4) is 0 Å². The number of ether oxygens (including phenoxy) is 1. The van der Waals surface area contributed by atoms with Crippen molar-refractivity contribution in [2.75, 3.05) is 20.7 Å². The largest absolute Gasteiger partial charge is 0.496 e. The third-order valence-electron chi connectivity index (χ3n) is 2.41. The number of hydrogen-bond donors (Lipinski definition) is 1. The molecule has 1 heterocycles. The maximum atomic E-state index is 5.34. The van der Waals surface area contributed by atoms with Gasteiger partial charge in [0.15, 0.2) is 0 Å². The zero-order chi connectivity index (χ0) is 10.7. The molecule has 0 spiro atoms. The van der Waals surface area contributed by atoms with E-state index < -0.39 is 0 Å². The van der Waals surface area contributed by atoms with Gasteiger partial charge in [0.2, 0.25) is 0 Å². The number of methoxy groups -OCH3 is 1. The summed E-state index contributed by atoms with van der Waals surface area (Å²) in [6, 6.07) is 8.43. The van der Waals surface area contributed by atoms with Crippen LogP contribution in [0.5, 0.6) is 5.75 Å². The fourth-order valence-electron chi connectivity index (χ4n) is 1.64. The van der Waals surface area contributed by atoms with Gasteiger partial charge in [-0.25, -0.2) is 0 Å². The zero-order valence-corrected chi connectivity index (χ0v) is 9.86. The lowest BCUT2D eigenvalue weighted by Crippen LogP contribution is -2.09. The van der Waals surface area contributed by atoms with Gasteiger partial charge in [0, 0.05) is 15.0 Å². The highest BCUT2D eigenvalue weighted by Crippen LogP contribution is 2.32. The molecule has 0 aliphatic rings. The van der Waals surface area contributed by atoms with E-state index in [1.165, 1.54) is 15.0 Å². The Labute approximate surface area is 93.9 Å². The number of nitrogens with one attached hydrogen (secondary N) is 1. The van der Waals surface area contributed by atoms with Gasteiger partial charge < -0.3 is 10.1 Å². The second-order valence-corrected chi connectivity index (χ2v) is 4.61. The normalized spacial score (nSPS) is 10.8. The minimum Gasteiger partial charge on any atom is -0.496 e. The Morgan fingerprint density at radius 1 is 1.40 bits per heavy atom. The molecule has 0 radical (unpaired) electrons. The van der Waals surface area contributed by atoms with Crippen molar-refractivity contribution in [1.82, 2.24) is 5.32 Å². The SMILES string of the molecule is CNCCc1cc2c(OC)cccc2s1. The van der Waals surface area contributed by atoms with Crippen LogP contribution < -0.4 is 10.1 Å². The smallest absolute Gasteiger partial charge is 0.127 e. The van der Waals surface area contributed by atoms with Crippen molar-refractivity contribution in [1.29, 1.82) is 0 Å². The van der Waals surface area contributed by atoms with Crippen LogP contribution in [-0.4, -0.2) is 20.7 Å². The lowest BCUT2D eigenvalue weighted by Gasteiger charge is -1.99. The molecule has 0 atom stereocenters. The molecule has 1 aromatic carbocycles. The summed E-state index contributed by atoms with van der Waals surface area (Å²) in [6.45, 7) is 1.02. The summed E-state index contributed by atoms with van der Waals surface area (Å²) >= 11 is 1.85. The number of benzene rings is 1. The van der Waals surface area contributed by atoms with Gasteiger partial charge in [0.05, 0.1) is 7.11 Å². The van der Waals surface area contributed by atoms with E-state index in [-0.39, 0.29) is 0 Å². The van der Waals surface area contributed by atoms with Crippen LogP contribution in [0.2, 0.25) is 0 Å². The summed E-state index contributed by atoms with van der Waals surface area (Å²) in [4.78, 5) is 1.41. The summed E-state index contributed by atoms with van der Waals surface area (Å²) in [6.07, 6.45) is 1.08. The van der Waals surface area contributed by atoms with Crippen molar-refractivity contribution in [2.45, 2.75) is 6.42 Å². The van der Waals surface area contributed by atoms with Gasteiger partial charge in [-0.2, -0.15) is 0 Å². The van der Waals surface area contributed by atoms with Crippen LogP contribution in [0.25, 0.3) is 10.1 Å². The topological polar surface area (TPSA) is 21.3 Å². The van der Waals surface area contributed by atoms with Gasteiger partial charge in [0.25, 0.3) is 0 Å². The first-order chi connectivity index (χ1) is 7.35. The van der Waals surface area contributed by atoms with E-state index in [4.69, 9.17) is 4.74 Å². The highest BCUT2D eigenvalue weighted by molar-refractivity contribution is 7.19. The Morgan fingerprint density at radius 2 is 2.27 bits per heavy atom. The second-order valence-electron chi connectivity index (χ2n) is 3.44. The molecule has 0 amide bonds. The van der Waals surface area contributed by atoms with Gasteiger partial charge in [0.1, 0.15) is 5.75 Å². The van der Waals surface area contributed by atoms with Gasteiger partial charge in [-0.3, -0.25) is 0 Å². The number of fused-ring (bicyclic) bond motifs is 1. The van der Waals surface area contributed by atoms with E-state index >= 15 is 0 Å². The third kappa shape index (κ3) is 2.13. The number of rotatable bonds is 4. The molecule has 0 bridgehead atoms. The second kappa shape index (κ2) is 4.64. The quantitative estimate of drug-likeness (QED) is 0.857. The van der Waals surface area contributed by atoms with Crippen molar-refractivity contribution in [3.8, 4) is 5.75 Å². The molecular weight excluding hydrogens is 206 g/mol. The molecule has 2 nitrogen and oxygen atoms in total. The van der Waals surface area contributed by atoms with Crippen molar-refractivity contribution in [3.63, 3.8) is 0 Å². The highest BCUT2D eigenvalue weighted by Gasteiger charge is 2.05. The van der Waals surface area contributed by atoms with Gasteiger partial charge in [-0.05, 0) is 38.2 Å². The van der Waals surface area contributed by atoms with Crippen LogP contribution in [-0.2, 0) is 6.42 Å². The molecule has 80 valence electrons. The molecule has 3 heteroatoms. The van der Waals surface area contributed by atoms with Crippen LogP contribution in [0.4, 0.5) is 0 Å². The molecule has 0 unspecified atom stereocenters. The van der Waals surface area contributed by atoms with Gasteiger partial charge in [-0.1, -0.05) is 6.07 Å². The first-order valence-corrected chi connectivity index (χ1v) is 5.87. The molecule has 15 heavy (non-hydrogen) atoms. The fourth-order valence-corrected chi connectivity index (χ4v) is 2.72. The van der Waals surface area contributed by atoms with E-state index in [2.05, 4.69) is 17.4 Å².